The van der Waals surface area contributed by atoms with E-state index >= 15 is 0 Å². The molecule has 1 aromatic rings. The number of hydrogen-bond acceptors (Lipinski definition) is 6. The van der Waals surface area contributed by atoms with Gasteiger partial charge in [-0.2, -0.15) is 4.68 Å². The maximum atomic E-state index is 12.3. The number of hydrogen-bond donors (Lipinski definition) is 0. The highest BCUT2D eigenvalue weighted by Crippen LogP contribution is 2.19. The standard InChI is InChI=1S/C26H47N3O4/c1-4-7-10-12-16-23(15-9-6-3)20-32-25(30)19-14-18-24(17-13-11-8-5-2)33-26(31)29-22-27-21-28-29/h21-24H,4-20H2,1-3H3. The van der Waals surface area contributed by atoms with Crippen LogP contribution in [0.15, 0.2) is 12.7 Å². The van der Waals surface area contributed by atoms with Gasteiger partial charge in [-0.1, -0.05) is 78.6 Å². The topological polar surface area (TPSA) is 83.3 Å². The zero-order valence-electron chi connectivity index (χ0n) is 21.3. The molecule has 7 nitrogen and oxygen atoms in total. The molecule has 0 aliphatic rings. The average molecular weight is 466 g/mol. The Kier molecular flexibility index (Phi) is 17.2. The molecule has 7 heteroatoms. The van der Waals surface area contributed by atoms with Crippen LogP contribution >= 0.6 is 0 Å². The number of rotatable bonds is 20. The molecule has 0 bridgehead atoms. The van der Waals surface area contributed by atoms with E-state index in [1.54, 1.807) is 0 Å². The van der Waals surface area contributed by atoms with Crippen LogP contribution in [0, 0.1) is 5.92 Å². The fourth-order valence-electron chi connectivity index (χ4n) is 3.98. The molecular weight excluding hydrogens is 418 g/mol. The van der Waals surface area contributed by atoms with Crippen molar-refractivity contribution in [2.24, 2.45) is 5.92 Å². The third kappa shape index (κ3) is 14.8. The molecule has 0 saturated heterocycles. The second kappa shape index (κ2) is 19.5. The van der Waals surface area contributed by atoms with Gasteiger partial charge in [0, 0.05) is 6.42 Å². The van der Waals surface area contributed by atoms with Gasteiger partial charge in [-0.05, 0) is 44.4 Å². The van der Waals surface area contributed by atoms with Crippen molar-refractivity contribution in [2.75, 3.05) is 6.61 Å². The molecule has 1 rings (SSSR count). The lowest BCUT2D eigenvalue weighted by atomic mass is 9.96. The van der Waals surface area contributed by atoms with Crippen molar-refractivity contribution in [1.82, 2.24) is 14.8 Å². The summed E-state index contributed by atoms with van der Waals surface area (Å²) < 4.78 is 12.4. The molecule has 0 radical (unpaired) electrons. The minimum Gasteiger partial charge on any atom is -0.465 e. The van der Waals surface area contributed by atoms with E-state index in [9.17, 15) is 9.59 Å². The smallest absolute Gasteiger partial charge is 0.436 e. The monoisotopic (exact) mass is 465 g/mol. The number of unbranched alkanes of at least 4 members (excludes halogenated alkanes) is 7. The Morgan fingerprint density at radius 1 is 0.818 bits per heavy atom. The van der Waals surface area contributed by atoms with Crippen molar-refractivity contribution in [3.63, 3.8) is 0 Å². The lowest BCUT2D eigenvalue weighted by Gasteiger charge is -2.18. The summed E-state index contributed by atoms with van der Waals surface area (Å²) >= 11 is 0. The predicted molar refractivity (Wildman–Crippen MR) is 131 cm³/mol. The minimum atomic E-state index is -0.516. The first-order chi connectivity index (χ1) is 16.1. The molecular formula is C26H47N3O4. The van der Waals surface area contributed by atoms with E-state index in [2.05, 4.69) is 30.9 Å². The number of carbonyl (C=O) groups excluding carboxylic acids is 2. The molecule has 0 fully saturated rings. The van der Waals surface area contributed by atoms with E-state index in [0.717, 1.165) is 43.2 Å². The number of ether oxygens (including phenoxy) is 2. The van der Waals surface area contributed by atoms with Crippen molar-refractivity contribution in [3.8, 4) is 0 Å². The van der Waals surface area contributed by atoms with Crippen LogP contribution in [0.25, 0.3) is 0 Å². The lowest BCUT2D eigenvalue weighted by molar-refractivity contribution is -0.145. The highest BCUT2D eigenvalue weighted by atomic mass is 16.6. The van der Waals surface area contributed by atoms with Crippen LogP contribution in [0.4, 0.5) is 4.79 Å². The van der Waals surface area contributed by atoms with Gasteiger partial charge in [-0.3, -0.25) is 4.79 Å². The summed E-state index contributed by atoms with van der Waals surface area (Å²) in [6, 6.07) is 0. The molecule has 0 spiro atoms. The quantitative estimate of drug-likeness (QED) is 0.151. The summed E-state index contributed by atoms with van der Waals surface area (Å²) in [5, 5.41) is 3.84. The van der Waals surface area contributed by atoms with E-state index in [0.29, 0.717) is 31.8 Å². The second-order valence-electron chi connectivity index (χ2n) is 9.13. The molecule has 0 N–H and O–H groups in total. The maximum Gasteiger partial charge on any atom is 0.436 e. The molecule has 33 heavy (non-hydrogen) atoms. The second-order valence-corrected chi connectivity index (χ2v) is 9.13. The molecule has 1 heterocycles. The largest absolute Gasteiger partial charge is 0.465 e. The lowest BCUT2D eigenvalue weighted by Crippen LogP contribution is -2.23. The van der Waals surface area contributed by atoms with Crippen molar-refractivity contribution in [3.05, 3.63) is 12.7 Å². The molecule has 2 unspecified atom stereocenters. The molecule has 0 saturated carbocycles. The van der Waals surface area contributed by atoms with Gasteiger partial charge in [0.05, 0.1) is 6.61 Å². The summed E-state index contributed by atoms with van der Waals surface area (Å²) in [5.41, 5.74) is 0. The van der Waals surface area contributed by atoms with Crippen molar-refractivity contribution >= 4 is 12.1 Å². The number of esters is 1. The third-order valence-corrected chi connectivity index (χ3v) is 6.07. The van der Waals surface area contributed by atoms with Gasteiger partial charge < -0.3 is 9.47 Å². The zero-order valence-corrected chi connectivity index (χ0v) is 21.3. The van der Waals surface area contributed by atoms with Gasteiger partial charge in [0.25, 0.3) is 0 Å². The van der Waals surface area contributed by atoms with Crippen molar-refractivity contribution in [2.45, 2.75) is 130 Å². The minimum absolute atomic E-state index is 0.141. The molecule has 0 aromatic carbocycles. The van der Waals surface area contributed by atoms with E-state index < -0.39 is 6.09 Å². The third-order valence-electron chi connectivity index (χ3n) is 6.07. The Morgan fingerprint density at radius 2 is 1.45 bits per heavy atom. The van der Waals surface area contributed by atoms with Crippen LogP contribution in [0.2, 0.25) is 0 Å². The summed E-state index contributed by atoms with van der Waals surface area (Å²) in [6.45, 7) is 7.13. The Bertz CT molecular complexity index is 607. The Hall–Kier alpha value is -1.92. The van der Waals surface area contributed by atoms with Gasteiger partial charge in [-0.15, -0.1) is 5.10 Å². The first-order valence-corrected chi connectivity index (χ1v) is 13.3. The van der Waals surface area contributed by atoms with Crippen LogP contribution in [0.1, 0.15) is 124 Å². The number of nitrogens with zero attached hydrogens (tertiary/aromatic N) is 3. The Labute approximate surface area is 201 Å². The fraction of sp³-hybridized carbons (Fsp3) is 0.846. The summed E-state index contributed by atoms with van der Waals surface area (Å²) in [5.74, 6) is 0.332. The van der Waals surface area contributed by atoms with Gasteiger partial charge >= 0.3 is 12.1 Å². The molecule has 2 atom stereocenters. The fourth-order valence-corrected chi connectivity index (χ4v) is 3.98. The molecule has 1 aromatic heterocycles. The van der Waals surface area contributed by atoms with Gasteiger partial charge in [0.15, 0.2) is 0 Å². The highest BCUT2D eigenvalue weighted by molar-refractivity contribution is 5.69. The first kappa shape index (κ1) is 29.1. The van der Waals surface area contributed by atoms with Gasteiger partial charge in [0.1, 0.15) is 18.8 Å². The van der Waals surface area contributed by atoms with Crippen LogP contribution in [-0.2, 0) is 14.3 Å². The predicted octanol–water partition coefficient (Wildman–Crippen LogP) is 7.09. The Balaban J connectivity index is 2.39. The van der Waals surface area contributed by atoms with E-state index in [4.69, 9.17) is 9.47 Å². The van der Waals surface area contributed by atoms with Crippen molar-refractivity contribution < 1.29 is 19.1 Å². The number of aromatic nitrogens is 3. The van der Waals surface area contributed by atoms with Crippen LogP contribution in [0.5, 0.6) is 0 Å². The van der Waals surface area contributed by atoms with Crippen LogP contribution in [-0.4, -0.2) is 39.5 Å². The van der Waals surface area contributed by atoms with Crippen molar-refractivity contribution in [1.29, 1.82) is 0 Å². The molecule has 190 valence electrons. The summed E-state index contributed by atoms with van der Waals surface area (Å²) in [6.07, 6.45) is 18.5. The highest BCUT2D eigenvalue weighted by Gasteiger charge is 2.18. The SMILES string of the molecule is CCCCCCC(CCCC)COC(=O)CCCC(CCCCCC)OC(=O)n1cncn1. The van der Waals surface area contributed by atoms with Crippen LogP contribution < -0.4 is 0 Å². The zero-order chi connectivity index (χ0) is 24.2. The summed E-state index contributed by atoms with van der Waals surface area (Å²) in [4.78, 5) is 28.4. The van der Waals surface area contributed by atoms with E-state index in [1.165, 1.54) is 57.6 Å². The summed E-state index contributed by atoms with van der Waals surface area (Å²) in [7, 11) is 0. The normalized spacial score (nSPS) is 12.9. The molecule has 0 aliphatic heterocycles. The average Bonchev–Trinajstić information content (AvgIpc) is 3.35. The van der Waals surface area contributed by atoms with E-state index in [1.807, 2.05) is 0 Å². The first-order valence-electron chi connectivity index (χ1n) is 13.3. The van der Waals surface area contributed by atoms with Gasteiger partial charge in [-0.25, -0.2) is 9.78 Å². The molecule has 0 aliphatic carbocycles. The maximum absolute atomic E-state index is 12.3. The Morgan fingerprint density at radius 3 is 2.09 bits per heavy atom. The van der Waals surface area contributed by atoms with E-state index in [-0.39, 0.29) is 12.1 Å². The molecule has 0 amide bonds. The van der Waals surface area contributed by atoms with Crippen LogP contribution in [0.3, 0.4) is 0 Å². The number of carbonyl (C=O) groups is 2. The van der Waals surface area contributed by atoms with Gasteiger partial charge in [0.2, 0.25) is 0 Å².